The van der Waals surface area contributed by atoms with Gasteiger partial charge >= 0.3 is 0 Å². The van der Waals surface area contributed by atoms with E-state index in [1.54, 1.807) is 13.0 Å². The molecule has 86 valence electrons. The quantitative estimate of drug-likeness (QED) is 0.883. The number of nitrogens with one attached hydrogen (secondary N) is 1. The highest BCUT2D eigenvalue weighted by Crippen LogP contribution is 2.30. The Bertz CT molecular complexity index is 422. The van der Waals surface area contributed by atoms with Crippen LogP contribution in [0.4, 0.5) is 0 Å². The largest absolute Gasteiger partial charge is 0.329 e. The van der Waals surface area contributed by atoms with Crippen molar-refractivity contribution >= 4 is 37.3 Å². The van der Waals surface area contributed by atoms with Crippen molar-refractivity contribution in [2.45, 2.75) is 24.1 Å². The van der Waals surface area contributed by atoms with E-state index in [9.17, 15) is 8.42 Å². The molecule has 0 fully saturated rings. The Morgan fingerprint density at radius 2 is 2.27 bits per heavy atom. The molecule has 0 aliphatic heterocycles. The van der Waals surface area contributed by atoms with Gasteiger partial charge in [0, 0.05) is 12.6 Å². The molecule has 1 aromatic heterocycles. The number of sulfonamides is 1. The third-order valence-electron chi connectivity index (χ3n) is 1.81. The minimum absolute atomic E-state index is 0.254. The van der Waals surface area contributed by atoms with E-state index in [0.717, 1.165) is 9.35 Å². The van der Waals surface area contributed by atoms with Crippen molar-refractivity contribution in [3.8, 4) is 0 Å². The van der Waals surface area contributed by atoms with Gasteiger partial charge in [0.05, 0.1) is 3.79 Å². The monoisotopic (exact) mass is 312 g/mol. The average Bonchev–Trinajstić information content (AvgIpc) is 2.47. The van der Waals surface area contributed by atoms with Crippen LogP contribution in [0.25, 0.3) is 0 Å². The molecule has 0 bridgehead atoms. The summed E-state index contributed by atoms with van der Waals surface area (Å²) in [6.45, 7) is 3.86. The van der Waals surface area contributed by atoms with Crippen molar-refractivity contribution < 1.29 is 8.42 Å². The van der Waals surface area contributed by atoms with Gasteiger partial charge in [0.15, 0.2) is 0 Å². The van der Waals surface area contributed by atoms with E-state index in [-0.39, 0.29) is 12.6 Å². The molecule has 0 radical (unpaired) electrons. The zero-order chi connectivity index (χ0) is 11.6. The van der Waals surface area contributed by atoms with Gasteiger partial charge < -0.3 is 5.73 Å². The molecule has 0 aromatic carbocycles. The molecule has 0 aliphatic carbocycles. The summed E-state index contributed by atoms with van der Waals surface area (Å²) < 4.78 is 27.2. The SMILES string of the molecule is Cc1cc(S(=O)(=O)N[C@@H](C)CN)sc1Br. The zero-order valence-corrected chi connectivity index (χ0v) is 11.7. The summed E-state index contributed by atoms with van der Waals surface area (Å²) in [4.78, 5) is 0. The molecular weight excluding hydrogens is 300 g/mol. The molecular formula is C8H13BrN2O2S2. The van der Waals surface area contributed by atoms with E-state index in [4.69, 9.17) is 5.73 Å². The number of aryl methyl sites for hydroxylation is 1. The zero-order valence-electron chi connectivity index (χ0n) is 8.45. The lowest BCUT2D eigenvalue weighted by atomic mass is 10.4. The topological polar surface area (TPSA) is 72.2 Å². The fraction of sp³-hybridized carbons (Fsp3) is 0.500. The Morgan fingerprint density at radius 3 is 2.67 bits per heavy atom. The summed E-state index contributed by atoms with van der Waals surface area (Å²) >= 11 is 4.49. The van der Waals surface area contributed by atoms with Crippen molar-refractivity contribution in [3.63, 3.8) is 0 Å². The third-order valence-corrected chi connectivity index (χ3v) is 6.01. The molecule has 0 amide bonds. The molecule has 1 rings (SSSR count). The van der Waals surface area contributed by atoms with E-state index >= 15 is 0 Å². The van der Waals surface area contributed by atoms with Crippen LogP contribution in [-0.2, 0) is 10.0 Å². The van der Waals surface area contributed by atoms with Gasteiger partial charge in [-0.3, -0.25) is 0 Å². The number of rotatable bonds is 4. The van der Waals surface area contributed by atoms with Crippen LogP contribution in [0.2, 0.25) is 0 Å². The van der Waals surface area contributed by atoms with Crippen LogP contribution >= 0.6 is 27.3 Å². The smallest absolute Gasteiger partial charge is 0.250 e. The second-order valence-electron chi connectivity index (χ2n) is 3.28. The van der Waals surface area contributed by atoms with E-state index < -0.39 is 10.0 Å². The number of nitrogens with two attached hydrogens (primary N) is 1. The van der Waals surface area contributed by atoms with Crippen molar-refractivity contribution in [1.82, 2.24) is 4.72 Å². The van der Waals surface area contributed by atoms with E-state index in [1.165, 1.54) is 11.3 Å². The predicted octanol–water partition coefficient (Wildman–Crippen LogP) is 1.44. The number of thiophene rings is 1. The van der Waals surface area contributed by atoms with Crippen LogP contribution in [0.5, 0.6) is 0 Å². The first-order valence-corrected chi connectivity index (χ1v) is 7.44. The van der Waals surface area contributed by atoms with Gasteiger partial charge in [-0.05, 0) is 41.4 Å². The van der Waals surface area contributed by atoms with Crippen LogP contribution in [-0.4, -0.2) is 21.0 Å². The summed E-state index contributed by atoms with van der Waals surface area (Å²) in [5, 5.41) is 0. The molecule has 3 N–H and O–H groups in total. The van der Waals surface area contributed by atoms with Crippen molar-refractivity contribution in [1.29, 1.82) is 0 Å². The normalized spacial score (nSPS) is 14.1. The molecule has 0 aliphatic rings. The first-order valence-electron chi connectivity index (χ1n) is 4.35. The Kier molecular flexibility index (Phi) is 4.30. The summed E-state index contributed by atoms with van der Waals surface area (Å²) in [7, 11) is -3.41. The van der Waals surface area contributed by atoms with E-state index in [0.29, 0.717) is 4.21 Å². The Morgan fingerprint density at radius 1 is 1.67 bits per heavy atom. The van der Waals surface area contributed by atoms with Gasteiger partial charge in [-0.25, -0.2) is 13.1 Å². The number of halogens is 1. The van der Waals surface area contributed by atoms with Crippen LogP contribution in [0, 0.1) is 6.92 Å². The predicted molar refractivity (Wildman–Crippen MR) is 65.6 cm³/mol. The Labute approximate surface area is 102 Å². The van der Waals surface area contributed by atoms with Gasteiger partial charge in [0.2, 0.25) is 10.0 Å². The molecule has 1 atom stereocenters. The van der Waals surface area contributed by atoms with Gasteiger partial charge in [-0.2, -0.15) is 0 Å². The van der Waals surface area contributed by atoms with Crippen molar-refractivity contribution in [2.75, 3.05) is 6.54 Å². The lowest BCUT2D eigenvalue weighted by Gasteiger charge is -2.09. The maximum Gasteiger partial charge on any atom is 0.250 e. The van der Waals surface area contributed by atoms with Crippen molar-refractivity contribution in [2.24, 2.45) is 5.73 Å². The summed E-state index contributed by atoms with van der Waals surface area (Å²) in [5.74, 6) is 0. The fourth-order valence-corrected chi connectivity index (χ4v) is 4.43. The minimum atomic E-state index is -3.41. The first kappa shape index (κ1) is 13.1. The summed E-state index contributed by atoms with van der Waals surface area (Å²) in [6.07, 6.45) is 0. The lowest BCUT2D eigenvalue weighted by Crippen LogP contribution is -2.37. The highest BCUT2D eigenvalue weighted by molar-refractivity contribution is 9.11. The third kappa shape index (κ3) is 3.25. The van der Waals surface area contributed by atoms with Crippen LogP contribution in [0.1, 0.15) is 12.5 Å². The molecule has 0 spiro atoms. The highest BCUT2D eigenvalue weighted by atomic mass is 79.9. The maximum absolute atomic E-state index is 11.8. The van der Waals surface area contributed by atoms with Crippen LogP contribution in [0.3, 0.4) is 0 Å². The fourth-order valence-electron chi connectivity index (χ4n) is 0.935. The maximum atomic E-state index is 11.8. The van der Waals surface area contributed by atoms with E-state index in [2.05, 4.69) is 20.7 Å². The van der Waals surface area contributed by atoms with Crippen LogP contribution in [0.15, 0.2) is 14.1 Å². The minimum Gasteiger partial charge on any atom is -0.329 e. The molecule has 0 saturated heterocycles. The average molecular weight is 313 g/mol. The molecule has 15 heavy (non-hydrogen) atoms. The summed E-state index contributed by atoms with van der Waals surface area (Å²) in [5.41, 5.74) is 6.28. The Balaban J connectivity index is 2.96. The first-order chi connectivity index (χ1) is 6.86. The highest BCUT2D eigenvalue weighted by Gasteiger charge is 2.19. The molecule has 0 saturated carbocycles. The molecule has 7 heteroatoms. The Hall–Kier alpha value is 0.0500. The van der Waals surface area contributed by atoms with Crippen LogP contribution < -0.4 is 10.5 Å². The second kappa shape index (κ2) is 4.92. The van der Waals surface area contributed by atoms with E-state index in [1.807, 2.05) is 6.92 Å². The second-order valence-corrected chi connectivity index (χ2v) is 7.59. The molecule has 1 aromatic rings. The van der Waals surface area contributed by atoms with Gasteiger partial charge in [0.1, 0.15) is 4.21 Å². The molecule has 1 heterocycles. The van der Waals surface area contributed by atoms with Gasteiger partial charge in [-0.1, -0.05) is 0 Å². The lowest BCUT2D eigenvalue weighted by molar-refractivity contribution is 0.564. The van der Waals surface area contributed by atoms with Crippen molar-refractivity contribution in [3.05, 3.63) is 15.4 Å². The molecule has 0 unspecified atom stereocenters. The standard InChI is InChI=1S/C8H13BrN2O2S2/c1-5-3-7(14-8(5)9)15(12,13)11-6(2)4-10/h3,6,11H,4,10H2,1-2H3/t6-/m0/s1. The number of hydrogen-bond donors (Lipinski definition) is 2. The molecule has 4 nitrogen and oxygen atoms in total. The van der Waals surface area contributed by atoms with Gasteiger partial charge in [-0.15, -0.1) is 11.3 Å². The number of hydrogen-bond acceptors (Lipinski definition) is 4. The summed E-state index contributed by atoms with van der Waals surface area (Å²) in [6, 6.07) is 1.39. The van der Waals surface area contributed by atoms with Gasteiger partial charge in [0.25, 0.3) is 0 Å².